The Morgan fingerprint density at radius 1 is 1.33 bits per heavy atom. The highest BCUT2D eigenvalue weighted by atomic mass is 35.5. The van der Waals surface area contributed by atoms with Crippen LogP contribution in [0.25, 0.3) is 11.3 Å². The van der Waals surface area contributed by atoms with Crippen LogP contribution in [0.4, 0.5) is 5.95 Å². The van der Waals surface area contributed by atoms with Gasteiger partial charge < -0.3 is 15.0 Å². The van der Waals surface area contributed by atoms with Crippen LogP contribution in [0.15, 0.2) is 12.1 Å². The summed E-state index contributed by atoms with van der Waals surface area (Å²) in [6.07, 6.45) is 0. The third kappa shape index (κ3) is 1.93. The Labute approximate surface area is 111 Å². The van der Waals surface area contributed by atoms with E-state index in [4.69, 9.17) is 22.1 Å². The topological polar surface area (TPSA) is 53.1 Å². The Hall–Kier alpha value is -1.68. The monoisotopic (exact) mass is 265 g/mol. The molecule has 0 amide bonds. The van der Waals surface area contributed by atoms with Crippen molar-refractivity contribution >= 4 is 17.5 Å². The second-order valence-electron chi connectivity index (χ2n) is 4.33. The van der Waals surface area contributed by atoms with Gasteiger partial charge in [-0.2, -0.15) is 0 Å². The third-order valence-corrected chi connectivity index (χ3v) is 3.23. The van der Waals surface area contributed by atoms with Crippen molar-refractivity contribution < 1.29 is 4.74 Å². The minimum absolute atomic E-state index is 0.385. The summed E-state index contributed by atoms with van der Waals surface area (Å²) in [5.74, 6) is 1.18. The Bertz CT molecular complexity index is 605. The molecular formula is C13H16ClN3O. The number of methoxy groups -OCH3 is 1. The highest BCUT2D eigenvalue weighted by molar-refractivity contribution is 6.32. The molecule has 0 aliphatic rings. The molecule has 5 heteroatoms. The standard InChI is InChI=1S/C13H16ClN3O/c1-7-5-8(2)11(18-4)9(6-7)10-12(14)16-13(15)17(10)3/h5-6H,1-4H3,(H2,15,16). The van der Waals surface area contributed by atoms with Gasteiger partial charge in [0.05, 0.1) is 12.8 Å². The van der Waals surface area contributed by atoms with E-state index in [1.807, 2.05) is 27.0 Å². The Morgan fingerprint density at radius 3 is 2.50 bits per heavy atom. The van der Waals surface area contributed by atoms with Gasteiger partial charge in [0.25, 0.3) is 0 Å². The van der Waals surface area contributed by atoms with Crippen LogP contribution in [0.5, 0.6) is 5.75 Å². The van der Waals surface area contributed by atoms with E-state index < -0.39 is 0 Å². The third-order valence-electron chi connectivity index (χ3n) is 2.97. The van der Waals surface area contributed by atoms with E-state index in [0.29, 0.717) is 11.1 Å². The lowest BCUT2D eigenvalue weighted by Crippen LogP contribution is -2.00. The molecule has 0 aliphatic carbocycles. The van der Waals surface area contributed by atoms with Crippen LogP contribution in [-0.2, 0) is 7.05 Å². The Balaban J connectivity index is 2.78. The van der Waals surface area contributed by atoms with Crippen molar-refractivity contribution in [3.63, 3.8) is 0 Å². The lowest BCUT2D eigenvalue weighted by Gasteiger charge is -2.13. The van der Waals surface area contributed by atoms with Crippen LogP contribution in [0.3, 0.4) is 0 Å². The summed E-state index contributed by atoms with van der Waals surface area (Å²) in [6, 6.07) is 4.09. The van der Waals surface area contributed by atoms with Crippen molar-refractivity contribution in [2.45, 2.75) is 13.8 Å². The number of nitrogens with zero attached hydrogens (tertiary/aromatic N) is 2. The molecule has 2 aromatic rings. The zero-order valence-corrected chi connectivity index (χ0v) is 11.7. The molecule has 0 radical (unpaired) electrons. The minimum Gasteiger partial charge on any atom is -0.496 e. The van der Waals surface area contributed by atoms with E-state index in [9.17, 15) is 0 Å². The SMILES string of the molecule is COc1c(C)cc(C)cc1-c1c(Cl)nc(N)n1C. The van der Waals surface area contributed by atoms with Crippen LogP contribution >= 0.6 is 11.6 Å². The van der Waals surface area contributed by atoms with Gasteiger partial charge >= 0.3 is 0 Å². The summed E-state index contributed by atoms with van der Waals surface area (Å²) in [5.41, 5.74) is 9.65. The second kappa shape index (κ2) is 4.53. The van der Waals surface area contributed by atoms with Gasteiger partial charge in [0.2, 0.25) is 5.95 Å². The number of anilines is 1. The number of rotatable bonds is 2. The van der Waals surface area contributed by atoms with Crippen LogP contribution < -0.4 is 10.5 Å². The van der Waals surface area contributed by atoms with E-state index in [2.05, 4.69) is 11.1 Å². The molecule has 18 heavy (non-hydrogen) atoms. The predicted octanol–water partition coefficient (Wildman–Crippen LogP) is 2.95. The smallest absolute Gasteiger partial charge is 0.201 e. The quantitative estimate of drug-likeness (QED) is 0.908. The van der Waals surface area contributed by atoms with Crippen molar-refractivity contribution in [2.24, 2.45) is 7.05 Å². The average Bonchev–Trinajstić information content (AvgIpc) is 2.52. The summed E-state index contributed by atoms with van der Waals surface area (Å²) in [4.78, 5) is 4.07. The fourth-order valence-corrected chi connectivity index (χ4v) is 2.49. The molecule has 0 unspecified atom stereocenters. The maximum atomic E-state index is 6.15. The molecule has 1 aromatic heterocycles. The van der Waals surface area contributed by atoms with Crippen molar-refractivity contribution in [1.29, 1.82) is 0 Å². The van der Waals surface area contributed by atoms with E-state index in [0.717, 1.165) is 28.1 Å². The van der Waals surface area contributed by atoms with E-state index in [-0.39, 0.29) is 0 Å². The molecule has 0 saturated carbocycles. The number of hydrogen-bond acceptors (Lipinski definition) is 3. The molecule has 1 heterocycles. The number of halogens is 1. The Kier molecular flexibility index (Phi) is 3.22. The highest BCUT2D eigenvalue weighted by Crippen LogP contribution is 2.38. The molecule has 0 spiro atoms. The maximum absolute atomic E-state index is 6.15. The lowest BCUT2D eigenvalue weighted by atomic mass is 10.0. The summed E-state index contributed by atoms with van der Waals surface area (Å²) in [6.45, 7) is 4.03. The zero-order chi connectivity index (χ0) is 13.4. The van der Waals surface area contributed by atoms with Crippen LogP contribution in [0, 0.1) is 13.8 Å². The predicted molar refractivity (Wildman–Crippen MR) is 74.1 cm³/mol. The van der Waals surface area contributed by atoms with Crippen molar-refractivity contribution in [1.82, 2.24) is 9.55 Å². The largest absolute Gasteiger partial charge is 0.496 e. The summed E-state index contributed by atoms with van der Waals surface area (Å²) in [7, 11) is 3.48. The lowest BCUT2D eigenvalue weighted by molar-refractivity contribution is 0.413. The number of aromatic nitrogens is 2. The number of nitrogen functional groups attached to an aromatic ring is 1. The molecule has 4 nitrogen and oxygen atoms in total. The maximum Gasteiger partial charge on any atom is 0.201 e. The number of imidazole rings is 1. The fourth-order valence-electron chi connectivity index (χ4n) is 2.17. The fraction of sp³-hybridized carbons (Fsp3) is 0.308. The van der Waals surface area contributed by atoms with Crippen LogP contribution in [0.2, 0.25) is 5.15 Å². The first-order valence-electron chi connectivity index (χ1n) is 5.59. The molecule has 2 N–H and O–H groups in total. The van der Waals surface area contributed by atoms with Gasteiger partial charge in [0.15, 0.2) is 5.15 Å². The number of hydrogen-bond donors (Lipinski definition) is 1. The molecule has 0 aliphatic heterocycles. The highest BCUT2D eigenvalue weighted by Gasteiger charge is 2.18. The van der Waals surface area contributed by atoms with Gasteiger partial charge in [0.1, 0.15) is 5.75 Å². The Morgan fingerprint density at radius 2 is 2.00 bits per heavy atom. The van der Waals surface area contributed by atoms with Crippen LogP contribution in [-0.4, -0.2) is 16.7 Å². The second-order valence-corrected chi connectivity index (χ2v) is 4.69. The molecule has 0 atom stereocenters. The van der Waals surface area contributed by atoms with Gasteiger partial charge in [-0.15, -0.1) is 0 Å². The summed E-state index contributed by atoms with van der Waals surface area (Å²) in [5, 5.41) is 0.387. The number of benzene rings is 1. The molecule has 0 saturated heterocycles. The van der Waals surface area contributed by atoms with Crippen LogP contribution in [0.1, 0.15) is 11.1 Å². The zero-order valence-electron chi connectivity index (χ0n) is 10.9. The number of aryl methyl sites for hydroxylation is 2. The van der Waals surface area contributed by atoms with Gasteiger partial charge in [-0.05, 0) is 31.0 Å². The molecule has 0 bridgehead atoms. The minimum atomic E-state index is 0.385. The van der Waals surface area contributed by atoms with E-state index in [1.54, 1.807) is 11.7 Å². The van der Waals surface area contributed by atoms with E-state index >= 15 is 0 Å². The first kappa shape index (κ1) is 12.8. The number of nitrogens with two attached hydrogens (primary N) is 1. The molecular weight excluding hydrogens is 250 g/mol. The molecule has 2 rings (SSSR count). The van der Waals surface area contributed by atoms with Gasteiger partial charge in [0, 0.05) is 12.6 Å². The van der Waals surface area contributed by atoms with Crippen molar-refractivity contribution in [2.75, 3.05) is 12.8 Å². The summed E-state index contributed by atoms with van der Waals surface area (Å²) >= 11 is 6.15. The normalized spacial score (nSPS) is 10.7. The first-order chi connectivity index (χ1) is 8.45. The van der Waals surface area contributed by atoms with E-state index in [1.165, 1.54) is 0 Å². The van der Waals surface area contributed by atoms with Crippen molar-refractivity contribution in [3.8, 4) is 17.0 Å². The average molecular weight is 266 g/mol. The molecule has 0 fully saturated rings. The van der Waals surface area contributed by atoms with Gasteiger partial charge in [-0.1, -0.05) is 17.7 Å². The first-order valence-corrected chi connectivity index (χ1v) is 5.96. The molecule has 1 aromatic carbocycles. The van der Waals surface area contributed by atoms with Gasteiger partial charge in [-0.3, -0.25) is 0 Å². The van der Waals surface area contributed by atoms with Crippen molar-refractivity contribution in [3.05, 3.63) is 28.4 Å². The number of ether oxygens (including phenoxy) is 1. The van der Waals surface area contributed by atoms with Gasteiger partial charge in [-0.25, -0.2) is 4.98 Å². The summed E-state index contributed by atoms with van der Waals surface area (Å²) < 4.78 is 7.23. The molecule has 96 valence electrons.